The molecule has 2 aromatic rings. The van der Waals surface area contributed by atoms with Gasteiger partial charge in [-0.2, -0.15) is 4.98 Å². The van der Waals surface area contributed by atoms with Crippen LogP contribution in [0.15, 0.2) is 21.5 Å². The Bertz CT molecular complexity index is 886. The van der Waals surface area contributed by atoms with Gasteiger partial charge in [0.15, 0.2) is 0 Å². The van der Waals surface area contributed by atoms with E-state index in [1.807, 2.05) is 0 Å². The average Bonchev–Trinajstić information content (AvgIpc) is 3.14. The summed E-state index contributed by atoms with van der Waals surface area (Å²) in [5.74, 6) is -0.716. The minimum Gasteiger partial charge on any atom is -0.463 e. The summed E-state index contributed by atoms with van der Waals surface area (Å²) in [5, 5.41) is 9.64. The van der Waals surface area contributed by atoms with Gasteiger partial charge < -0.3 is 23.7 Å². The second-order valence-electron chi connectivity index (χ2n) is 5.88. The second kappa shape index (κ2) is 7.26. The van der Waals surface area contributed by atoms with Crippen LogP contribution in [0.4, 0.5) is 0 Å². The number of carbonyl (C=O) groups excluding carboxylic acids is 2. The summed E-state index contributed by atoms with van der Waals surface area (Å²) in [7, 11) is 0. The monoisotopic (exact) mass is 366 g/mol. The van der Waals surface area contributed by atoms with Gasteiger partial charge in [-0.3, -0.25) is 14.2 Å². The van der Waals surface area contributed by atoms with Crippen LogP contribution in [0.1, 0.15) is 32.3 Å². The molecular formula is C16H18N2O8. The number of hydrogen-bond donors (Lipinski definition) is 1. The van der Waals surface area contributed by atoms with Gasteiger partial charge in [-0.15, -0.1) is 0 Å². The van der Waals surface area contributed by atoms with Gasteiger partial charge >= 0.3 is 17.6 Å². The number of nitrogens with zero attached hydrogens (tertiary/aromatic N) is 2. The normalized spacial score (nSPS) is 22.5. The first-order valence-electron chi connectivity index (χ1n) is 7.96. The Morgan fingerprint density at radius 2 is 2.15 bits per heavy atom. The van der Waals surface area contributed by atoms with Gasteiger partial charge in [0.05, 0.1) is 5.39 Å². The molecule has 0 aromatic carbocycles. The standard InChI is InChI=1S/C16H18N2O8/c1-8(20)23-7-13-12(24-9(2)21)4-14(26-13)18-5-10-3-11(6-19)25-15(10)17-16(18)22/h3,5,12-14,19H,4,6-7H2,1-2H3/t12-,13-,14-/m1/s1. The lowest BCUT2D eigenvalue weighted by molar-refractivity contribution is -0.155. The number of esters is 2. The zero-order chi connectivity index (χ0) is 18.8. The van der Waals surface area contributed by atoms with E-state index in [4.69, 9.17) is 23.7 Å². The summed E-state index contributed by atoms with van der Waals surface area (Å²) < 4.78 is 22.4. The van der Waals surface area contributed by atoms with Gasteiger partial charge in [-0.1, -0.05) is 0 Å². The first-order chi connectivity index (χ1) is 12.4. The smallest absolute Gasteiger partial charge is 0.353 e. The van der Waals surface area contributed by atoms with Gasteiger partial charge in [0, 0.05) is 26.5 Å². The van der Waals surface area contributed by atoms with E-state index in [1.54, 1.807) is 6.07 Å². The van der Waals surface area contributed by atoms with Crippen molar-refractivity contribution in [1.82, 2.24) is 9.55 Å². The van der Waals surface area contributed by atoms with Crippen molar-refractivity contribution in [2.45, 2.75) is 45.3 Å². The van der Waals surface area contributed by atoms with Gasteiger partial charge in [0.2, 0.25) is 5.71 Å². The van der Waals surface area contributed by atoms with Crippen LogP contribution in [0.5, 0.6) is 0 Å². The molecule has 1 aliphatic rings. The lowest BCUT2D eigenvalue weighted by Crippen LogP contribution is -2.31. The Balaban J connectivity index is 1.87. The number of furan rings is 1. The fourth-order valence-electron chi connectivity index (χ4n) is 2.82. The van der Waals surface area contributed by atoms with Gasteiger partial charge in [-0.05, 0) is 6.07 Å². The maximum atomic E-state index is 12.3. The zero-order valence-corrected chi connectivity index (χ0v) is 14.2. The van der Waals surface area contributed by atoms with Crippen molar-refractivity contribution >= 4 is 23.0 Å². The van der Waals surface area contributed by atoms with Crippen molar-refractivity contribution < 1.29 is 33.3 Å². The molecule has 3 heterocycles. The van der Waals surface area contributed by atoms with E-state index in [0.29, 0.717) is 5.39 Å². The molecule has 0 aliphatic carbocycles. The van der Waals surface area contributed by atoms with E-state index < -0.39 is 36.1 Å². The zero-order valence-electron chi connectivity index (χ0n) is 14.2. The molecule has 26 heavy (non-hydrogen) atoms. The van der Waals surface area contributed by atoms with E-state index in [-0.39, 0.29) is 31.1 Å². The van der Waals surface area contributed by atoms with Gasteiger partial charge in [-0.25, -0.2) is 4.79 Å². The first kappa shape index (κ1) is 18.1. The summed E-state index contributed by atoms with van der Waals surface area (Å²) in [6, 6.07) is 1.56. The molecule has 1 fully saturated rings. The van der Waals surface area contributed by atoms with Gasteiger partial charge in [0.25, 0.3) is 0 Å². The van der Waals surface area contributed by atoms with Crippen LogP contribution in [-0.2, 0) is 30.4 Å². The number of hydrogen-bond acceptors (Lipinski definition) is 9. The van der Waals surface area contributed by atoms with E-state index in [2.05, 4.69) is 4.98 Å². The van der Waals surface area contributed by atoms with Crippen LogP contribution in [0, 0.1) is 0 Å². The molecule has 3 atom stereocenters. The highest BCUT2D eigenvalue weighted by atomic mass is 16.6. The molecular weight excluding hydrogens is 348 g/mol. The molecule has 0 radical (unpaired) electrons. The van der Waals surface area contributed by atoms with E-state index in [0.717, 1.165) is 0 Å². The fraction of sp³-hybridized carbons (Fsp3) is 0.500. The Labute approximate surface area is 147 Å². The topological polar surface area (TPSA) is 130 Å². The molecule has 0 spiro atoms. The Kier molecular flexibility index (Phi) is 5.05. The molecule has 1 N–H and O–H groups in total. The van der Waals surface area contributed by atoms with Crippen molar-refractivity contribution in [2.24, 2.45) is 0 Å². The highest BCUT2D eigenvalue weighted by Crippen LogP contribution is 2.31. The lowest BCUT2D eigenvalue weighted by atomic mass is 10.2. The van der Waals surface area contributed by atoms with Gasteiger partial charge in [0.1, 0.15) is 37.4 Å². The molecule has 0 amide bonds. The van der Waals surface area contributed by atoms with Crippen LogP contribution in [0.25, 0.3) is 11.1 Å². The third kappa shape index (κ3) is 3.75. The summed E-state index contributed by atoms with van der Waals surface area (Å²) in [4.78, 5) is 38.4. The highest BCUT2D eigenvalue weighted by Gasteiger charge is 2.39. The summed E-state index contributed by atoms with van der Waals surface area (Å²) >= 11 is 0. The molecule has 1 saturated heterocycles. The number of carbonyl (C=O) groups is 2. The van der Waals surface area contributed by atoms with Crippen molar-refractivity contribution in [2.75, 3.05) is 6.61 Å². The van der Waals surface area contributed by atoms with Crippen LogP contribution in [0.3, 0.4) is 0 Å². The molecule has 1 aliphatic heterocycles. The largest absolute Gasteiger partial charge is 0.463 e. The molecule has 10 nitrogen and oxygen atoms in total. The molecule has 3 rings (SSSR count). The number of rotatable bonds is 5. The average molecular weight is 366 g/mol. The van der Waals surface area contributed by atoms with Crippen molar-refractivity contribution in [3.63, 3.8) is 0 Å². The second-order valence-corrected chi connectivity index (χ2v) is 5.88. The van der Waals surface area contributed by atoms with Crippen LogP contribution in [-0.4, -0.2) is 45.4 Å². The minimum atomic E-state index is -0.753. The van der Waals surface area contributed by atoms with Crippen LogP contribution in [0.2, 0.25) is 0 Å². The number of fused-ring (bicyclic) bond motifs is 1. The van der Waals surface area contributed by atoms with Crippen molar-refractivity contribution in [3.05, 3.63) is 28.5 Å². The highest BCUT2D eigenvalue weighted by molar-refractivity contribution is 5.72. The molecule has 10 heteroatoms. The minimum absolute atomic E-state index is 0.103. The number of aliphatic hydroxyl groups excluding tert-OH is 1. The Morgan fingerprint density at radius 3 is 2.81 bits per heavy atom. The molecule has 0 bridgehead atoms. The fourth-order valence-corrected chi connectivity index (χ4v) is 2.82. The maximum Gasteiger partial charge on any atom is 0.353 e. The number of aromatic nitrogens is 2. The number of ether oxygens (including phenoxy) is 3. The first-order valence-corrected chi connectivity index (χ1v) is 7.96. The summed E-state index contributed by atoms with van der Waals surface area (Å²) in [6.07, 6.45) is -0.429. The molecule has 2 aromatic heterocycles. The van der Waals surface area contributed by atoms with Crippen molar-refractivity contribution in [3.8, 4) is 0 Å². The van der Waals surface area contributed by atoms with E-state index in [9.17, 15) is 14.4 Å². The number of aliphatic hydroxyl groups is 1. The third-order valence-corrected chi connectivity index (χ3v) is 3.90. The van der Waals surface area contributed by atoms with Crippen molar-refractivity contribution in [1.29, 1.82) is 0 Å². The predicted molar refractivity (Wildman–Crippen MR) is 84.9 cm³/mol. The molecule has 0 unspecified atom stereocenters. The van der Waals surface area contributed by atoms with Crippen LogP contribution < -0.4 is 5.69 Å². The van der Waals surface area contributed by atoms with E-state index >= 15 is 0 Å². The Morgan fingerprint density at radius 1 is 1.38 bits per heavy atom. The Hall–Kier alpha value is -2.72. The quantitative estimate of drug-likeness (QED) is 0.741. The SMILES string of the molecule is CC(=O)OC[C@H]1O[C@@H](n2cc3cc(CO)oc3nc2=O)C[C@H]1OC(C)=O. The lowest BCUT2D eigenvalue weighted by Gasteiger charge is -2.17. The van der Waals surface area contributed by atoms with Crippen LogP contribution >= 0.6 is 0 Å². The van der Waals surface area contributed by atoms with E-state index in [1.165, 1.54) is 24.6 Å². The predicted octanol–water partition coefficient (Wildman–Crippen LogP) is 0.264. The molecule has 0 saturated carbocycles. The maximum absolute atomic E-state index is 12.3. The third-order valence-electron chi connectivity index (χ3n) is 3.90. The summed E-state index contributed by atoms with van der Waals surface area (Å²) in [6.45, 7) is 2.10. The summed E-state index contributed by atoms with van der Waals surface area (Å²) in [5.41, 5.74) is -0.502. The molecule has 140 valence electrons.